The summed E-state index contributed by atoms with van der Waals surface area (Å²) in [5, 5.41) is 0. The summed E-state index contributed by atoms with van der Waals surface area (Å²) in [6.45, 7) is 12.8. The maximum atomic E-state index is 14.3. The van der Waals surface area contributed by atoms with Gasteiger partial charge in [-0.2, -0.15) is 4.31 Å². The van der Waals surface area contributed by atoms with E-state index in [2.05, 4.69) is 92.8 Å². The second-order valence-corrected chi connectivity index (χ2v) is 22.8. The van der Waals surface area contributed by atoms with Crippen LogP contribution in [0.4, 0.5) is 5.69 Å². The Labute approximate surface area is 240 Å². The second-order valence-electron chi connectivity index (χ2n) is 15.1. The Hall–Kier alpha value is -1.71. The Bertz CT molecular complexity index is 1540. The van der Waals surface area contributed by atoms with Gasteiger partial charge in [0.15, 0.2) is 0 Å². The highest BCUT2D eigenvalue weighted by Crippen LogP contribution is 2.72. The maximum absolute atomic E-state index is 14.3. The van der Waals surface area contributed by atoms with E-state index in [-0.39, 0.29) is 40.5 Å². The van der Waals surface area contributed by atoms with E-state index in [9.17, 15) is 8.42 Å². The average molecular weight is 578 g/mol. The lowest BCUT2D eigenvalue weighted by molar-refractivity contribution is -0.0600. The van der Waals surface area contributed by atoms with Crippen molar-refractivity contribution in [2.24, 2.45) is 0 Å². The molecule has 7 atom stereocenters. The van der Waals surface area contributed by atoms with Crippen LogP contribution < -0.4 is 4.90 Å². The summed E-state index contributed by atoms with van der Waals surface area (Å²) in [6.07, 6.45) is 2.82. The summed E-state index contributed by atoms with van der Waals surface area (Å²) in [5.41, 5.74) is 6.40. The monoisotopic (exact) mass is 577 g/mol. The first kappa shape index (κ1) is 26.0. The number of rotatable bonds is 5. The van der Waals surface area contributed by atoms with Gasteiger partial charge in [0.25, 0.3) is 0 Å². The van der Waals surface area contributed by atoms with E-state index >= 15 is 0 Å². The van der Waals surface area contributed by atoms with Crippen molar-refractivity contribution in [3.63, 3.8) is 0 Å². The van der Waals surface area contributed by atoms with Crippen LogP contribution in [0, 0.1) is 0 Å². The average Bonchev–Trinajstić information content (AvgIpc) is 3.35. The Kier molecular flexibility index (Phi) is 5.07. The molecule has 6 nitrogen and oxygen atoms in total. The Balaban J connectivity index is 1.39. The third kappa shape index (κ3) is 3.02. The molecule has 3 fully saturated rings. The van der Waals surface area contributed by atoms with Gasteiger partial charge in [-0.25, -0.2) is 8.42 Å². The van der Waals surface area contributed by atoms with Crippen LogP contribution in [0.3, 0.4) is 0 Å². The molecule has 8 heteroatoms. The van der Waals surface area contributed by atoms with Crippen LogP contribution in [0.15, 0.2) is 42.5 Å². The number of hydrogen-bond donors (Lipinski definition) is 0. The molecule has 2 spiro atoms. The van der Waals surface area contributed by atoms with Crippen LogP contribution in [0.2, 0.25) is 25.7 Å². The molecule has 5 heterocycles. The number of likely N-dealkylation sites (N-methyl/N-ethyl adjacent to an activating group) is 1. The SMILES string of the molecule is CN1c2cccc3c2[C@]24CCN(C5Cc6ccccc6[C@@]52CCN(S(=O)(=O)CC[Si](C)(C)C)[C@H]14)[C@@H]3[C@H]1OC1(C)C. The van der Waals surface area contributed by atoms with Crippen molar-refractivity contribution in [3.8, 4) is 0 Å². The zero-order valence-corrected chi connectivity index (χ0v) is 26.6. The molecule has 0 saturated carbocycles. The van der Waals surface area contributed by atoms with E-state index in [0.717, 1.165) is 31.9 Å². The second kappa shape index (κ2) is 7.81. The number of ether oxygens (including phenoxy) is 1. The molecule has 6 aliphatic rings. The van der Waals surface area contributed by atoms with E-state index in [1.165, 1.54) is 27.9 Å². The van der Waals surface area contributed by atoms with E-state index in [0.29, 0.717) is 12.6 Å². The fourth-order valence-electron chi connectivity index (χ4n) is 10.0. The predicted octanol–water partition coefficient (Wildman–Crippen LogP) is 4.87. The summed E-state index contributed by atoms with van der Waals surface area (Å²) in [5.74, 6) is 0.262. The Morgan fingerprint density at radius 1 is 1.00 bits per heavy atom. The zero-order chi connectivity index (χ0) is 28.0. The van der Waals surface area contributed by atoms with Crippen molar-refractivity contribution >= 4 is 23.8 Å². The van der Waals surface area contributed by atoms with Gasteiger partial charge in [0.05, 0.1) is 17.4 Å². The number of sulfonamides is 1. The molecule has 40 heavy (non-hydrogen) atoms. The van der Waals surface area contributed by atoms with Crippen molar-refractivity contribution < 1.29 is 13.2 Å². The summed E-state index contributed by atoms with van der Waals surface area (Å²) >= 11 is 0. The van der Waals surface area contributed by atoms with E-state index in [1.807, 2.05) is 4.31 Å². The minimum Gasteiger partial charge on any atom is -0.365 e. The lowest BCUT2D eigenvalue weighted by Gasteiger charge is -2.63. The van der Waals surface area contributed by atoms with Crippen molar-refractivity contribution in [3.05, 3.63) is 64.7 Å². The fraction of sp³-hybridized carbons (Fsp3) is 0.625. The maximum Gasteiger partial charge on any atom is 0.215 e. The summed E-state index contributed by atoms with van der Waals surface area (Å²) in [7, 11) is -2.79. The highest BCUT2D eigenvalue weighted by molar-refractivity contribution is 7.89. The smallest absolute Gasteiger partial charge is 0.215 e. The first-order valence-corrected chi connectivity index (χ1v) is 20.5. The minimum absolute atomic E-state index is 0.124. The number of piperidine rings is 2. The molecule has 0 amide bonds. The molecule has 214 valence electrons. The summed E-state index contributed by atoms with van der Waals surface area (Å²) < 4.78 is 37.1. The number of epoxide rings is 1. The molecule has 8 rings (SSSR count). The van der Waals surface area contributed by atoms with Gasteiger partial charge < -0.3 is 9.64 Å². The highest BCUT2D eigenvalue weighted by Gasteiger charge is 2.77. The van der Waals surface area contributed by atoms with Gasteiger partial charge in [-0.3, -0.25) is 4.90 Å². The summed E-state index contributed by atoms with van der Waals surface area (Å²) in [6, 6.07) is 17.2. The largest absolute Gasteiger partial charge is 0.365 e. The number of benzene rings is 2. The third-order valence-corrected chi connectivity index (χ3v) is 15.6. The van der Waals surface area contributed by atoms with Crippen LogP contribution >= 0.6 is 0 Å². The van der Waals surface area contributed by atoms with Crippen LogP contribution in [0.1, 0.15) is 55.0 Å². The van der Waals surface area contributed by atoms with Crippen LogP contribution in [0.5, 0.6) is 0 Å². The van der Waals surface area contributed by atoms with Crippen molar-refractivity contribution in [2.75, 3.05) is 30.8 Å². The molecule has 0 radical (unpaired) electrons. The quantitative estimate of drug-likeness (QED) is 0.375. The van der Waals surface area contributed by atoms with Gasteiger partial charge in [-0.1, -0.05) is 56.0 Å². The first-order chi connectivity index (χ1) is 18.8. The van der Waals surface area contributed by atoms with Crippen molar-refractivity contribution in [1.29, 1.82) is 0 Å². The third-order valence-electron chi connectivity index (χ3n) is 11.6. The molecule has 5 aliphatic heterocycles. The Morgan fingerprint density at radius 3 is 2.45 bits per heavy atom. The topological polar surface area (TPSA) is 56.4 Å². The van der Waals surface area contributed by atoms with Gasteiger partial charge in [0.2, 0.25) is 10.0 Å². The fourth-order valence-corrected chi connectivity index (χ4v) is 14.7. The molecule has 0 aromatic heterocycles. The van der Waals surface area contributed by atoms with E-state index < -0.39 is 18.1 Å². The summed E-state index contributed by atoms with van der Waals surface area (Å²) in [4.78, 5) is 5.17. The van der Waals surface area contributed by atoms with E-state index in [1.54, 1.807) is 0 Å². The zero-order valence-electron chi connectivity index (χ0n) is 24.8. The predicted molar refractivity (Wildman–Crippen MR) is 162 cm³/mol. The molecule has 3 saturated heterocycles. The molecule has 2 bridgehead atoms. The number of nitrogens with zero attached hydrogens (tertiary/aromatic N) is 3. The lowest BCUT2D eigenvalue weighted by Crippen LogP contribution is -2.75. The van der Waals surface area contributed by atoms with Gasteiger partial charge in [0.1, 0.15) is 12.3 Å². The van der Waals surface area contributed by atoms with Crippen LogP contribution in [0.25, 0.3) is 0 Å². The minimum atomic E-state index is -3.43. The molecular weight excluding hydrogens is 535 g/mol. The molecule has 2 aromatic rings. The van der Waals surface area contributed by atoms with Crippen molar-refractivity contribution in [1.82, 2.24) is 9.21 Å². The number of anilines is 1. The molecule has 2 unspecified atom stereocenters. The van der Waals surface area contributed by atoms with Gasteiger partial charge in [-0.15, -0.1) is 0 Å². The molecule has 0 N–H and O–H groups in total. The van der Waals surface area contributed by atoms with Crippen LogP contribution in [-0.4, -0.2) is 75.5 Å². The van der Waals surface area contributed by atoms with Gasteiger partial charge in [0, 0.05) is 50.8 Å². The van der Waals surface area contributed by atoms with E-state index in [4.69, 9.17) is 4.74 Å². The standard InChI is InChI=1S/C32H43N3O3SSi/c1-30(2)28(38-30)27-22-11-9-13-24-26(22)32-14-16-34(27)25-20-21-10-7-8-12-23(21)31(25,32)15-17-35(29(32)33(24)3)39(36,37)18-19-40(4,5)6/h7-13,25,27-29H,14-20H2,1-6H3/t25?,27-,28+,29-,31-,32-/m0/s1. The van der Waals surface area contributed by atoms with Gasteiger partial charge in [-0.05, 0) is 67.5 Å². The van der Waals surface area contributed by atoms with Gasteiger partial charge >= 0.3 is 0 Å². The number of hydrogen-bond acceptors (Lipinski definition) is 5. The molecule has 1 aliphatic carbocycles. The Morgan fingerprint density at radius 2 is 1.73 bits per heavy atom. The number of fused-ring (bicyclic) bond motifs is 1. The lowest BCUT2D eigenvalue weighted by atomic mass is 9.49. The molecular formula is C32H43N3O3SSi. The first-order valence-electron chi connectivity index (χ1n) is 15.2. The van der Waals surface area contributed by atoms with Crippen LogP contribution in [-0.2, 0) is 32.0 Å². The molecule has 2 aromatic carbocycles. The highest BCUT2D eigenvalue weighted by atomic mass is 32.2. The van der Waals surface area contributed by atoms with Crippen molar-refractivity contribution in [2.45, 2.75) is 99.6 Å². The normalized spacial score (nSPS) is 38.5.